The molecule has 3 aromatic heterocycles. The van der Waals surface area contributed by atoms with E-state index in [0.717, 1.165) is 0 Å². The first-order chi connectivity index (χ1) is 16.5. The van der Waals surface area contributed by atoms with Crippen molar-refractivity contribution in [3.63, 3.8) is 0 Å². The zero-order valence-electron chi connectivity index (χ0n) is 19.2. The van der Waals surface area contributed by atoms with E-state index in [1.54, 1.807) is 37.6 Å². The van der Waals surface area contributed by atoms with Gasteiger partial charge >= 0.3 is 0 Å². The summed E-state index contributed by atoms with van der Waals surface area (Å²) in [6.45, 7) is 5.02. The summed E-state index contributed by atoms with van der Waals surface area (Å²) >= 11 is 0. The van der Waals surface area contributed by atoms with Crippen LogP contribution in [-0.4, -0.2) is 51.4 Å². The van der Waals surface area contributed by atoms with E-state index in [2.05, 4.69) is 35.2 Å². The number of nitrogens with zero attached hydrogens (tertiary/aromatic N) is 4. The second-order valence-corrected chi connectivity index (χ2v) is 7.20. The molecule has 4 rings (SSSR count). The Kier molecular flexibility index (Phi) is 6.72. The van der Waals surface area contributed by atoms with Crippen LogP contribution in [0.5, 0.6) is 11.5 Å². The first kappa shape index (κ1) is 22.8. The molecule has 0 fully saturated rings. The van der Waals surface area contributed by atoms with Crippen LogP contribution >= 0.6 is 0 Å². The van der Waals surface area contributed by atoms with Gasteiger partial charge in [-0.15, -0.1) is 0 Å². The molecule has 0 aliphatic carbocycles. The van der Waals surface area contributed by atoms with Crippen molar-refractivity contribution in [2.45, 2.75) is 20.4 Å². The van der Waals surface area contributed by atoms with E-state index in [1.807, 2.05) is 13.8 Å². The Morgan fingerprint density at radius 2 is 1.82 bits per heavy atom. The summed E-state index contributed by atoms with van der Waals surface area (Å²) in [5.74, 6) is 2.06. The molecule has 0 bridgehead atoms. The van der Waals surface area contributed by atoms with Crippen LogP contribution in [0.4, 0.5) is 11.4 Å². The number of pyridine rings is 1. The molecule has 4 aromatic rings. The highest BCUT2D eigenvalue weighted by Gasteiger charge is 2.21. The van der Waals surface area contributed by atoms with Crippen molar-refractivity contribution in [2.24, 2.45) is 4.99 Å². The molecule has 1 aromatic carbocycles. The Bertz CT molecular complexity index is 1340. The molecule has 0 saturated carbocycles. The number of rotatable bonds is 9. The van der Waals surface area contributed by atoms with Gasteiger partial charge in [-0.2, -0.15) is 0 Å². The number of nitrogens with one attached hydrogen (secondary N) is 3. The molecule has 0 spiro atoms. The van der Waals surface area contributed by atoms with Gasteiger partial charge in [0, 0.05) is 37.8 Å². The number of benzene rings is 1. The molecule has 0 amide bonds. The molecular weight excluding hydrogens is 436 g/mol. The highest BCUT2D eigenvalue weighted by Crippen LogP contribution is 2.35. The third-order valence-electron chi connectivity index (χ3n) is 4.97. The Balaban J connectivity index is 1.85. The first-order valence-corrected chi connectivity index (χ1v) is 10.8. The number of hydrogen-bond donors (Lipinski definition) is 4. The highest BCUT2D eigenvalue weighted by atomic mass is 16.5. The highest BCUT2D eigenvalue weighted by molar-refractivity contribution is 5.95. The minimum Gasteiger partial charge on any atom is -0.490 e. The second kappa shape index (κ2) is 10.0. The Morgan fingerprint density at radius 1 is 1.12 bits per heavy atom. The number of nitrogens with two attached hydrogens (primary N) is 1. The molecular formula is C23H26N8O3. The summed E-state index contributed by atoms with van der Waals surface area (Å²) in [5, 5.41) is 3.20. The maximum Gasteiger partial charge on any atom is 0.261 e. The summed E-state index contributed by atoms with van der Waals surface area (Å²) in [5.41, 5.74) is 8.72. The third-order valence-corrected chi connectivity index (χ3v) is 4.97. The largest absolute Gasteiger partial charge is 0.490 e. The fourth-order valence-electron chi connectivity index (χ4n) is 3.54. The average Bonchev–Trinajstić information content (AvgIpc) is 3.23. The van der Waals surface area contributed by atoms with E-state index in [-0.39, 0.29) is 17.7 Å². The summed E-state index contributed by atoms with van der Waals surface area (Å²) in [6, 6.07) is 5.32. The van der Waals surface area contributed by atoms with Crippen LogP contribution in [0.1, 0.15) is 25.4 Å². The quantitative estimate of drug-likeness (QED) is 0.277. The predicted molar refractivity (Wildman–Crippen MR) is 132 cm³/mol. The standard InChI is InChI=1S/C23H26N8O3/c1-4-33-16-9-13-14(10-17(16)34-5-2)30-22(29-13)19-21(28-12-18-26-7-6-8-27-18)20(24)15(11-25-3)31-23(19)32/h6-11H,4-5,12,24H2,1-3H3,(H,29,30)(H2,28,31,32). The topological polar surface area (TPSA) is 156 Å². The van der Waals surface area contributed by atoms with Gasteiger partial charge in [0.05, 0.1) is 47.9 Å². The molecule has 11 heteroatoms. The van der Waals surface area contributed by atoms with Gasteiger partial charge in [-0.25, -0.2) is 15.0 Å². The normalized spacial score (nSPS) is 11.3. The molecule has 0 atom stereocenters. The number of fused-ring (bicyclic) bond motifs is 1. The van der Waals surface area contributed by atoms with Crippen LogP contribution in [0.2, 0.25) is 0 Å². The summed E-state index contributed by atoms with van der Waals surface area (Å²) in [6.07, 6.45) is 4.78. The van der Waals surface area contributed by atoms with Crippen LogP contribution in [0, 0.1) is 0 Å². The average molecular weight is 463 g/mol. The van der Waals surface area contributed by atoms with Crippen molar-refractivity contribution in [1.29, 1.82) is 0 Å². The Morgan fingerprint density at radius 3 is 2.50 bits per heavy atom. The number of aromatic amines is 2. The number of nitrogen functional groups attached to an aromatic ring is 1. The van der Waals surface area contributed by atoms with E-state index in [4.69, 9.17) is 15.2 Å². The molecule has 176 valence electrons. The monoisotopic (exact) mass is 462 g/mol. The molecule has 3 heterocycles. The molecule has 5 N–H and O–H groups in total. The maximum atomic E-state index is 13.2. The number of imidazole rings is 1. The van der Waals surface area contributed by atoms with Crippen molar-refractivity contribution < 1.29 is 9.47 Å². The number of aliphatic imine (C=N–C) groups is 1. The zero-order chi connectivity index (χ0) is 24.1. The van der Waals surface area contributed by atoms with Crippen LogP contribution in [-0.2, 0) is 6.54 Å². The van der Waals surface area contributed by atoms with Gasteiger partial charge in [-0.05, 0) is 19.9 Å². The lowest BCUT2D eigenvalue weighted by Crippen LogP contribution is -2.19. The zero-order valence-corrected chi connectivity index (χ0v) is 19.2. The minimum absolute atomic E-state index is 0.257. The molecule has 0 aliphatic heterocycles. The van der Waals surface area contributed by atoms with Crippen LogP contribution < -0.4 is 26.1 Å². The molecule has 0 saturated heterocycles. The van der Waals surface area contributed by atoms with Crippen molar-refractivity contribution >= 4 is 28.6 Å². The van der Waals surface area contributed by atoms with Gasteiger partial charge in [0.25, 0.3) is 5.56 Å². The number of ether oxygens (including phenoxy) is 2. The van der Waals surface area contributed by atoms with Gasteiger partial charge in [-0.3, -0.25) is 9.79 Å². The predicted octanol–water partition coefficient (Wildman–Crippen LogP) is 2.75. The molecule has 0 unspecified atom stereocenters. The second-order valence-electron chi connectivity index (χ2n) is 7.20. The van der Waals surface area contributed by atoms with Crippen molar-refractivity contribution in [1.82, 2.24) is 24.9 Å². The van der Waals surface area contributed by atoms with Gasteiger partial charge in [-0.1, -0.05) is 0 Å². The fraction of sp³-hybridized carbons (Fsp3) is 0.261. The number of H-pyrrole nitrogens is 2. The van der Waals surface area contributed by atoms with Crippen molar-refractivity contribution in [3.8, 4) is 22.9 Å². The fourth-order valence-corrected chi connectivity index (χ4v) is 3.54. The Hall–Kier alpha value is -4.41. The van der Waals surface area contributed by atoms with E-state index in [1.165, 1.54) is 6.21 Å². The Labute approximate surface area is 195 Å². The molecule has 11 nitrogen and oxygen atoms in total. The van der Waals surface area contributed by atoms with Crippen LogP contribution in [0.15, 0.2) is 40.4 Å². The van der Waals surface area contributed by atoms with Crippen molar-refractivity contribution in [2.75, 3.05) is 31.3 Å². The third kappa shape index (κ3) is 4.53. The van der Waals surface area contributed by atoms with Gasteiger partial charge in [0.1, 0.15) is 17.2 Å². The van der Waals surface area contributed by atoms with E-state index >= 15 is 0 Å². The summed E-state index contributed by atoms with van der Waals surface area (Å²) < 4.78 is 11.4. The molecule has 0 aliphatic rings. The molecule has 34 heavy (non-hydrogen) atoms. The van der Waals surface area contributed by atoms with Crippen LogP contribution in [0.3, 0.4) is 0 Å². The van der Waals surface area contributed by atoms with Gasteiger partial charge in [0.2, 0.25) is 0 Å². The number of aromatic nitrogens is 5. The lowest BCUT2D eigenvalue weighted by atomic mass is 10.1. The van der Waals surface area contributed by atoms with E-state index < -0.39 is 0 Å². The maximum absolute atomic E-state index is 13.2. The van der Waals surface area contributed by atoms with Crippen LogP contribution in [0.25, 0.3) is 22.4 Å². The SMILES string of the molecule is CCOc1cc2nc(-c3c(NCc4ncccn4)c(N)c(C=NC)[nH]c3=O)[nH]c2cc1OCC. The number of anilines is 2. The van der Waals surface area contributed by atoms with Gasteiger partial charge < -0.3 is 30.5 Å². The lowest BCUT2D eigenvalue weighted by molar-refractivity contribution is 0.288. The molecule has 0 radical (unpaired) electrons. The van der Waals surface area contributed by atoms with E-state index in [0.29, 0.717) is 64.5 Å². The minimum atomic E-state index is -0.380. The summed E-state index contributed by atoms with van der Waals surface area (Å²) in [4.78, 5) is 36.2. The lowest BCUT2D eigenvalue weighted by Gasteiger charge is -2.14. The smallest absolute Gasteiger partial charge is 0.261 e. The van der Waals surface area contributed by atoms with Gasteiger partial charge in [0.15, 0.2) is 11.5 Å². The number of hydrogen-bond acceptors (Lipinski definition) is 9. The summed E-state index contributed by atoms with van der Waals surface area (Å²) in [7, 11) is 1.60. The van der Waals surface area contributed by atoms with E-state index in [9.17, 15) is 4.79 Å². The van der Waals surface area contributed by atoms with Crippen molar-refractivity contribution in [3.05, 3.63) is 52.5 Å². The first-order valence-electron chi connectivity index (χ1n) is 10.8.